The molecule has 1 heterocycles. The molecule has 2 amide bonds. The van der Waals surface area contributed by atoms with Crippen molar-refractivity contribution in [1.82, 2.24) is 9.80 Å². The monoisotopic (exact) mass is 414 g/mol. The molecule has 1 saturated heterocycles. The van der Waals surface area contributed by atoms with E-state index < -0.39 is 11.7 Å². The highest BCUT2D eigenvalue weighted by molar-refractivity contribution is 5.95. The molecule has 160 valence electrons. The molecule has 1 aliphatic heterocycles. The molecule has 0 aliphatic carbocycles. The van der Waals surface area contributed by atoms with Crippen LogP contribution in [0.15, 0.2) is 48.5 Å². The van der Waals surface area contributed by atoms with Gasteiger partial charge in [-0.05, 0) is 31.2 Å². The number of halogens is 1. The van der Waals surface area contributed by atoms with Gasteiger partial charge in [0.25, 0.3) is 11.8 Å². The molecule has 0 unspecified atom stereocenters. The Labute approximate surface area is 176 Å². The smallest absolute Gasteiger partial charge is 0.256 e. The fraction of sp³-hybridized carbons (Fsp3) is 0.391. The Morgan fingerprint density at radius 3 is 2.63 bits per heavy atom. The lowest BCUT2D eigenvalue weighted by molar-refractivity contribution is -0.0347. The SMILES string of the molecule is COCCN(C[C@@H]1CN(C(=O)c2ccc(C)cc2)CCO1)C(=O)c1ccccc1F. The molecule has 1 aliphatic rings. The van der Waals surface area contributed by atoms with Gasteiger partial charge in [-0.25, -0.2) is 4.39 Å². The number of aryl methyl sites for hydroxylation is 1. The first kappa shape index (κ1) is 21.9. The maximum absolute atomic E-state index is 14.1. The number of carbonyl (C=O) groups is 2. The van der Waals surface area contributed by atoms with Crippen LogP contribution in [0.25, 0.3) is 0 Å². The fourth-order valence-corrected chi connectivity index (χ4v) is 3.42. The van der Waals surface area contributed by atoms with Crippen molar-refractivity contribution < 1.29 is 23.5 Å². The third-order valence-electron chi connectivity index (χ3n) is 5.11. The molecule has 30 heavy (non-hydrogen) atoms. The number of amides is 2. The van der Waals surface area contributed by atoms with Crippen molar-refractivity contribution in [3.05, 3.63) is 71.0 Å². The van der Waals surface area contributed by atoms with E-state index in [1.807, 2.05) is 31.2 Å². The number of hydrogen-bond donors (Lipinski definition) is 0. The molecule has 7 heteroatoms. The summed E-state index contributed by atoms with van der Waals surface area (Å²) in [6.07, 6.45) is -0.360. The normalized spacial score (nSPS) is 16.4. The van der Waals surface area contributed by atoms with Gasteiger partial charge in [-0.1, -0.05) is 29.8 Å². The van der Waals surface area contributed by atoms with Gasteiger partial charge in [0.15, 0.2) is 0 Å². The van der Waals surface area contributed by atoms with Gasteiger partial charge >= 0.3 is 0 Å². The van der Waals surface area contributed by atoms with E-state index in [4.69, 9.17) is 9.47 Å². The summed E-state index contributed by atoms with van der Waals surface area (Å²) in [5, 5.41) is 0. The van der Waals surface area contributed by atoms with Crippen LogP contribution in [0.4, 0.5) is 4.39 Å². The first-order valence-corrected chi connectivity index (χ1v) is 10.00. The van der Waals surface area contributed by atoms with Crippen molar-refractivity contribution >= 4 is 11.8 Å². The Morgan fingerprint density at radius 1 is 1.20 bits per heavy atom. The summed E-state index contributed by atoms with van der Waals surface area (Å²) in [7, 11) is 1.55. The molecule has 0 radical (unpaired) electrons. The molecule has 1 atom stereocenters. The van der Waals surface area contributed by atoms with E-state index in [9.17, 15) is 14.0 Å². The summed E-state index contributed by atoms with van der Waals surface area (Å²) >= 11 is 0. The van der Waals surface area contributed by atoms with Crippen molar-refractivity contribution in [1.29, 1.82) is 0 Å². The lowest BCUT2D eigenvalue weighted by Gasteiger charge is -2.36. The summed E-state index contributed by atoms with van der Waals surface area (Å²) < 4.78 is 25.1. The van der Waals surface area contributed by atoms with Gasteiger partial charge in [0, 0.05) is 38.9 Å². The predicted molar refractivity (Wildman–Crippen MR) is 111 cm³/mol. The van der Waals surface area contributed by atoms with E-state index in [2.05, 4.69) is 0 Å². The van der Waals surface area contributed by atoms with E-state index in [1.54, 1.807) is 24.1 Å². The van der Waals surface area contributed by atoms with Crippen LogP contribution in [0, 0.1) is 12.7 Å². The summed E-state index contributed by atoms with van der Waals surface area (Å²) in [5.74, 6) is -1.05. The van der Waals surface area contributed by atoms with Crippen LogP contribution in [0.5, 0.6) is 0 Å². The molecular weight excluding hydrogens is 387 g/mol. The maximum atomic E-state index is 14.1. The third kappa shape index (κ3) is 5.43. The van der Waals surface area contributed by atoms with Crippen LogP contribution in [0.2, 0.25) is 0 Å². The summed E-state index contributed by atoms with van der Waals surface area (Å²) in [6.45, 7) is 4.07. The first-order valence-electron chi connectivity index (χ1n) is 10.00. The van der Waals surface area contributed by atoms with Crippen molar-refractivity contribution in [3.63, 3.8) is 0 Å². The maximum Gasteiger partial charge on any atom is 0.256 e. The molecule has 2 aromatic carbocycles. The summed E-state index contributed by atoms with van der Waals surface area (Å²) in [6, 6.07) is 13.3. The number of methoxy groups -OCH3 is 1. The van der Waals surface area contributed by atoms with Gasteiger partial charge in [0.2, 0.25) is 0 Å². The Morgan fingerprint density at radius 2 is 1.93 bits per heavy atom. The Hall–Kier alpha value is -2.77. The zero-order valence-electron chi connectivity index (χ0n) is 17.3. The van der Waals surface area contributed by atoms with Crippen LogP contribution >= 0.6 is 0 Å². The molecule has 0 saturated carbocycles. The average Bonchev–Trinajstić information content (AvgIpc) is 2.77. The second-order valence-corrected chi connectivity index (χ2v) is 7.33. The Kier molecular flexibility index (Phi) is 7.54. The molecule has 2 aromatic rings. The number of nitrogens with zero attached hydrogens (tertiary/aromatic N) is 2. The average molecular weight is 414 g/mol. The highest BCUT2D eigenvalue weighted by Crippen LogP contribution is 2.15. The van der Waals surface area contributed by atoms with E-state index in [0.717, 1.165) is 5.56 Å². The van der Waals surface area contributed by atoms with Crippen LogP contribution in [0.3, 0.4) is 0 Å². The Balaban J connectivity index is 1.69. The van der Waals surface area contributed by atoms with Crippen molar-refractivity contribution in [3.8, 4) is 0 Å². The number of morpholine rings is 1. The van der Waals surface area contributed by atoms with Gasteiger partial charge < -0.3 is 19.3 Å². The molecule has 3 rings (SSSR count). The lowest BCUT2D eigenvalue weighted by Crippen LogP contribution is -2.51. The first-order chi connectivity index (χ1) is 14.5. The van der Waals surface area contributed by atoms with Crippen molar-refractivity contribution in [2.75, 3.05) is 46.5 Å². The predicted octanol–water partition coefficient (Wildman–Crippen LogP) is 2.76. The van der Waals surface area contributed by atoms with E-state index in [1.165, 1.54) is 17.0 Å². The van der Waals surface area contributed by atoms with E-state index >= 15 is 0 Å². The van der Waals surface area contributed by atoms with Gasteiger partial charge in [0.05, 0.1) is 24.9 Å². The molecule has 0 aromatic heterocycles. The number of benzene rings is 2. The Bertz CT molecular complexity index is 872. The quantitative estimate of drug-likeness (QED) is 0.699. The minimum atomic E-state index is -0.564. The number of rotatable bonds is 7. The summed E-state index contributed by atoms with van der Waals surface area (Å²) in [5.41, 5.74) is 1.73. The molecule has 0 N–H and O–H groups in total. The topological polar surface area (TPSA) is 59.1 Å². The van der Waals surface area contributed by atoms with Crippen LogP contribution < -0.4 is 0 Å². The van der Waals surface area contributed by atoms with Crippen molar-refractivity contribution in [2.45, 2.75) is 13.0 Å². The van der Waals surface area contributed by atoms with Crippen molar-refractivity contribution in [2.24, 2.45) is 0 Å². The molecule has 0 spiro atoms. The molecule has 6 nitrogen and oxygen atoms in total. The highest BCUT2D eigenvalue weighted by atomic mass is 19.1. The number of hydrogen-bond acceptors (Lipinski definition) is 4. The fourth-order valence-electron chi connectivity index (χ4n) is 3.42. The van der Waals surface area contributed by atoms with E-state index in [-0.39, 0.29) is 24.1 Å². The number of carbonyl (C=O) groups excluding carboxylic acids is 2. The van der Waals surface area contributed by atoms with Crippen LogP contribution in [-0.4, -0.2) is 74.2 Å². The number of ether oxygens (including phenoxy) is 2. The van der Waals surface area contributed by atoms with Gasteiger partial charge in [-0.3, -0.25) is 9.59 Å². The highest BCUT2D eigenvalue weighted by Gasteiger charge is 2.29. The minimum Gasteiger partial charge on any atom is -0.383 e. The standard InChI is InChI=1S/C23H27FN2O4/c1-17-7-9-18(10-8-17)22(27)25-12-14-30-19(15-25)16-26(11-13-29-2)23(28)20-5-3-4-6-21(20)24/h3-10,19H,11-16H2,1-2H3/t19-/m0/s1. The van der Waals surface area contributed by atoms with Gasteiger partial charge in [-0.15, -0.1) is 0 Å². The van der Waals surface area contributed by atoms with E-state index in [0.29, 0.717) is 38.4 Å². The second-order valence-electron chi connectivity index (χ2n) is 7.33. The van der Waals surface area contributed by atoms with Crippen LogP contribution in [-0.2, 0) is 9.47 Å². The van der Waals surface area contributed by atoms with Crippen LogP contribution in [0.1, 0.15) is 26.3 Å². The van der Waals surface area contributed by atoms with Gasteiger partial charge in [0.1, 0.15) is 5.82 Å². The molecule has 1 fully saturated rings. The molecule has 0 bridgehead atoms. The second kappa shape index (κ2) is 10.3. The van der Waals surface area contributed by atoms with Gasteiger partial charge in [-0.2, -0.15) is 0 Å². The largest absolute Gasteiger partial charge is 0.383 e. The zero-order valence-corrected chi connectivity index (χ0v) is 17.3. The molecular formula is C23H27FN2O4. The summed E-state index contributed by atoms with van der Waals surface area (Å²) in [4.78, 5) is 29.0. The lowest BCUT2D eigenvalue weighted by atomic mass is 10.1. The third-order valence-corrected chi connectivity index (χ3v) is 5.11. The minimum absolute atomic E-state index is 0.0111. The zero-order chi connectivity index (χ0) is 21.5.